The molecule has 0 fully saturated rings. The number of nitrogens with zero attached hydrogens (tertiary/aromatic N) is 2. The molecule has 3 rings (SSSR count). The highest BCUT2D eigenvalue weighted by Gasteiger charge is 2.40. The van der Waals surface area contributed by atoms with Gasteiger partial charge in [0.05, 0.1) is 12.2 Å². The number of amides is 1. The Kier molecular flexibility index (Phi) is 6.50. The molecule has 0 unspecified atom stereocenters. The van der Waals surface area contributed by atoms with Gasteiger partial charge < -0.3 is 10.1 Å². The normalized spacial score (nSPS) is 12.2. The minimum atomic E-state index is -5.03. The van der Waals surface area contributed by atoms with Crippen molar-refractivity contribution in [3.63, 3.8) is 0 Å². The minimum absolute atomic E-state index is 0.0160. The first kappa shape index (κ1) is 23.3. The van der Waals surface area contributed by atoms with Crippen molar-refractivity contribution in [2.24, 2.45) is 0 Å². The zero-order valence-corrected chi connectivity index (χ0v) is 17.9. The van der Waals surface area contributed by atoms with Crippen LogP contribution in [0.25, 0.3) is 4.96 Å². The molecule has 3 aromatic rings. The highest BCUT2D eigenvalue weighted by atomic mass is 127. The first-order chi connectivity index (χ1) is 14.3. The third-order valence-electron chi connectivity index (χ3n) is 3.70. The molecule has 2 heterocycles. The molecule has 1 aromatic carbocycles. The quantitative estimate of drug-likeness (QED) is 0.270. The summed E-state index contributed by atoms with van der Waals surface area (Å²) >= 11 is 0.730. The van der Waals surface area contributed by atoms with Crippen LogP contribution in [0.4, 0.5) is 26.3 Å². The van der Waals surface area contributed by atoms with E-state index in [1.807, 2.05) is 0 Å². The largest absolute Gasteiger partial charge is 0.487 e. The predicted octanol–water partition coefficient (Wildman–Crippen LogP) is 4.25. The summed E-state index contributed by atoms with van der Waals surface area (Å²) in [5.41, 5.74) is -2.20. The SMILES string of the molecule is O=C(NCC(F)(F)I)c1c(C(F)(F)F)sc2nc(COc3ccc(F)cc3)cc(=O)n12. The molecule has 2 aromatic heterocycles. The summed E-state index contributed by atoms with van der Waals surface area (Å²) < 4.78 is 81.5. The van der Waals surface area contributed by atoms with Gasteiger partial charge in [-0.1, -0.05) is 11.3 Å². The lowest BCUT2D eigenvalue weighted by Crippen LogP contribution is -2.35. The summed E-state index contributed by atoms with van der Waals surface area (Å²) in [6.45, 7) is -1.55. The van der Waals surface area contributed by atoms with Gasteiger partial charge in [0.15, 0.2) is 4.96 Å². The van der Waals surface area contributed by atoms with Gasteiger partial charge in [0.1, 0.15) is 28.7 Å². The Morgan fingerprint density at radius 3 is 2.42 bits per heavy atom. The van der Waals surface area contributed by atoms with Crippen LogP contribution in [-0.4, -0.2) is 25.8 Å². The molecule has 6 nitrogen and oxygen atoms in total. The molecule has 0 saturated carbocycles. The van der Waals surface area contributed by atoms with E-state index in [0.717, 1.165) is 18.2 Å². The van der Waals surface area contributed by atoms with E-state index >= 15 is 0 Å². The fraction of sp³-hybridized carbons (Fsp3) is 0.235. The Morgan fingerprint density at radius 1 is 1.19 bits per heavy atom. The number of aromatic nitrogens is 2. The maximum absolute atomic E-state index is 13.4. The smallest absolute Gasteiger partial charge is 0.427 e. The van der Waals surface area contributed by atoms with Crippen LogP contribution in [0.1, 0.15) is 21.1 Å². The zero-order chi connectivity index (χ0) is 23.0. The molecular weight excluding hydrogens is 567 g/mol. The molecule has 0 aliphatic rings. The summed E-state index contributed by atoms with van der Waals surface area (Å²) in [7, 11) is 0. The Labute approximate surface area is 187 Å². The highest BCUT2D eigenvalue weighted by molar-refractivity contribution is 14.1. The number of hydrogen-bond donors (Lipinski definition) is 1. The number of alkyl halides is 6. The molecule has 0 aliphatic carbocycles. The molecule has 31 heavy (non-hydrogen) atoms. The number of carbonyl (C=O) groups is 1. The molecule has 1 amide bonds. The van der Waals surface area contributed by atoms with E-state index in [0.29, 0.717) is 27.0 Å². The van der Waals surface area contributed by atoms with Crippen LogP contribution >= 0.6 is 33.9 Å². The third-order valence-corrected chi connectivity index (χ3v) is 5.16. The average Bonchev–Trinajstić information content (AvgIpc) is 3.06. The molecule has 14 heteroatoms. The van der Waals surface area contributed by atoms with Crippen molar-refractivity contribution < 1.29 is 35.9 Å². The van der Waals surface area contributed by atoms with Crippen molar-refractivity contribution >= 4 is 44.8 Å². The fourth-order valence-electron chi connectivity index (χ4n) is 2.44. The number of carbonyl (C=O) groups excluding carboxylic acids is 1. The topological polar surface area (TPSA) is 72.7 Å². The van der Waals surface area contributed by atoms with Crippen LogP contribution < -0.4 is 15.6 Å². The van der Waals surface area contributed by atoms with Gasteiger partial charge in [0.2, 0.25) is 0 Å². The van der Waals surface area contributed by atoms with Gasteiger partial charge >= 0.3 is 10.1 Å². The number of hydrogen-bond acceptors (Lipinski definition) is 5. The molecule has 0 aliphatic heterocycles. The Hall–Kier alpha value is -2.36. The Morgan fingerprint density at radius 2 is 1.84 bits per heavy atom. The first-order valence-electron chi connectivity index (χ1n) is 8.21. The van der Waals surface area contributed by atoms with Crippen molar-refractivity contribution in [1.29, 1.82) is 0 Å². The van der Waals surface area contributed by atoms with Crippen LogP contribution in [-0.2, 0) is 12.8 Å². The van der Waals surface area contributed by atoms with Gasteiger partial charge in [-0.15, -0.1) is 0 Å². The highest BCUT2D eigenvalue weighted by Crippen LogP contribution is 2.37. The number of ether oxygens (including phenoxy) is 1. The van der Waals surface area contributed by atoms with E-state index in [9.17, 15) is 35.9 Å². The van der Waals surface area contributed by atoms with E-state index in [-0.39, 0.29) is 29.4 Å². The molecule has 1 N–H and O–H groups in total. The summed E-state index contributed by atoms with van der Waals surface area (Å²) in [4.78, 5) is 26.7. The number of thiazole rings is 1. The van der Waals surface area contributed by atoms with Crippen molar-refractivity contribution in [2.75, 3.05) is 6.54 Å². The number of fused-ring (bicyclic) bond motifs is 1. The third kappa shape index (κ3) is 5.66. The number of rotatable bonds is 6. The lowest BCUT2D eigenvalue weighted by Gasteiger charge is -2.11. The maximum atomic E-state index is 13.4. The van der Waals surface area contributed by atoms with E-state index in [1.54, 1.807) is 5.32 Å². The van der Waals surface area contributed by atoms with Crippen LogP contribution in [0, 0.1) is 5.82 Å². The van der Waals surface area contributed by atoms with Gasteiger partial charge in [0.25, 0.3) is 11.5 Å². The fourth-order valence-corrected chi connectivity index (χ4v) is 3.65. The molecule has 0 bridgehead atoms. The number of nitrogens with one attached hydrogen (secondary N) is 1. The first-order valence-corrected chi connectivity index (χ1v) is 10.1. The number of halogens is 7. The summed E-state index contributed by atoms with van der Waals surface area (Å²) in [5, 5.41) is 1.69. The molecule has 0 saturated heterocycles. The van der Waals surface area contributed by atoms with Crippen LogP contribution in [0.3, 0.4) is 0 Å². The standard InChI is InChI=1S/C17H10F6IN3O3S/c18-8-1-3-10(4-2-8)30-6-9-5-11(28)27-12(14(29)25-7-16(19,20)24)13(17(21,22)23)31-15(27)26-9/h1-5H,6-7H2,(H,25,29). The van der Waals surface area contributed by atoms with Crippen molar-refractivity contribution in [2.45, 2.75) is 16.7 Å². The Bertz CT molecular complexity index is 1170. The molecule has 0 atom stereocenters. The van der Waals surface area contributed by atoms with Crippen LogP contribution in [0.5, 0.6) is 5.75 Å². The van der Waals surface area contributed by atoms with Gasteiger partial charge in [-0.05, 0) is 24.3 Å². The predicted molar refractivity (Wildman–Crippen MR) is 106 cm³/mol. The lowest BCUT2D eigenvalue weighted by molar-refractivity contribution is -0.134. The van der Waals surface area contributed by atoms with E-state index in [4.69, 9.17) is 4.74 Å². The molecule has 166 valence electrons. The second-order valence-corrected chi connectivity index (χ2v) is 8.58. The zero-order valence-electron chi connectivity index (χ0n) is 15.0. The van der Waals surface area contributed by atoms with E-state index in [2.05, 4.69) is 4.98 Å². The van der Waals surface area contributed by atoms with Crippen LogP contribution in [0.15, 0.2) is 35.1 Å². The van der Waals surface area contributed by atoms with Gasteiger partial charge in [-0.25, -0.2) is 13.8 Å². The molecular formula is C17H10F6IN3O3S. The summed E-state index contributed by atoms with van der Waals surface area (Å²) in [6, 6.07) is 5.71. The second kappa shape index (κ2) is 8.64. The van der Waals surface area contributed by atoms with Crippen molar-refractivity contribution in [3.8, 4) is 5.75 Å². The van der Waals surface area contributed by atoms with E-state index < -0.39 is 49.5 Å². The van der Waals surface area contributed by atoms with Gasteiger partial charge in [0, 0.05) is 28.7 Å². The van der Waals surface area contributed by atoms with Crippen molar-refractivity contribution in [3.05, 3.63) is 62.8 Å². The number of benzene rings is 1. The monoisotopic (exact) mass is 577 g/mol. The van der Waals surface area contributed by atoms with Crippen LogP contribution in [0.2, 0.25) is 0 Å². The average molecular weight is 577 g/mol. The maximum Gasteiger partial charge on any atom is 0.427 e. The minimum Gasteiger partial charge on any atom is -0.487 e. The van der Waals surface area contributed by atoms with Gasteiger partial charge in [-0.3, -0.25) is 9.59 Å². The Balaban J connectivity index is 1.98. The molecule has 0 spiro atoms. The van der Waals surface area contributed by atoms with Crippen molar-refractivity contribution in [1.82, 2.24) is 14.7 Å². The molecule has 0 radical (unpaired) electrons. The summed E-state index contributed by atoms with van der Waals surface area (Å²) in [6.07, 6.45) is -5.03. The summed E-state index contributed by atoms with van der Waals surface area (Å²) in [5.74, 6) is -1.77. The van der Waals surface area contributed by atoms with Gasteiger partial charge in [-0.2, -0.15) is 22.0 Å². The second-order valence-electron chi connectivity index (χ2n) is 6.02. The lowest BCUT2D eigenvalue weighted by atomic mass is 10.3. The van der Waals surface area contributed by atoms with E-state index in [1.165, 1.54) is 12.1 Å².